The molecule has 3 saturated heterocycles. The molecular formula is C75H78F3N15O3. The molecule has 0 amide bonds. The number of likely N-dealkylation sites (N-methyl/N-ethyl adjacent to an activating group) is 2. The Bertz CT molecular complexity index is 4320. The summed E-state index contributed by atoms with van der Waals surface area (Å²) in [6.45, 7) is 21.8. The molecule has 3 aliphatic carbocycles. The summed E-state index contributed by atoms with van der Waals surface area (Å²) in [4.78, 5) is 37.2. The summed E-state index contributed by atoms with van der Waals surface area (Å²) in [5.41, 5.74) is 14.6. The monoisotopic (exact) mass is 1290 g/mol. The van der Waals surface area contributed by atoms with Crippen molar-refractivity contribution in [2.75, 3.05) is 123 Å². The van der Waals surface area contributed by atoms with Crippen molar-refractivity contribution in [2.24, 2.45) is 0 Å². The highest BCUT2D eigenvalue weighted by Gasteiger charge is 2.23. The lowest BCUT2D eigenvalue weighted by atomic mass is 10.1. The highest BCUT2D eigenvalue weighted by atomic mass is 19.1. The highest BCUT2D eigenvalue weighted by Crippen LogP contribution is 2.38. The number of allylic oxidation sites excluding steroid dienone is 3. The fourth-order valence-electron chi connectivity index (χ4n) is 12.5. The lowest BCUT2D eigenvalue weighted by Crippen LogP contribution is -2.46. The molecule has 0 spiro atoms. The molecule has 6 heterocycles. The summed E-state index contributed by atoms with van der Waals surface area (Å²) in [6, 6.07) is 40.6. The van der Waals surface area contributed by atoms with Gasteiger partial charge in [0.2, 0.25) is 17.6 Å². The van der Waals surface area contributed by atoms with E-state index >= 15 is 0 Å². The van der Waals surface area contributed by atoms with Gasteiger partial charge in [-0.15, -0.1) is 0 Å². The molecule has 0 saturated carbocycles. The highest BCUT2D eigenvalue weighted by molar-refractivity contribution is 5.70. The molecule has 0 unspecified atom stereocenters. The summed E-state index contributed by atoms with van der Waals surface area (Å²) in [7, 11) is 2.15. The van der Waals surface area contributed by atoms with Gasteiger partial charge in [0.15, 0.2) is 34.7 Å². The molecule has 4 N–H and O–H groups in total. The van der Waals surface area contributed by atoms with Crippen LogP contribution in [-0.2, 0) is 19.3 Å². The van der Waals surface area contributed by atoms with Gasteiger partial charge in [0.1, 0.15) is 36.4 Å². The van der Waals surface area contributed by atoms with E-state index in [1.54, 1.807) is 36.4 Å². The third kappa shape index (κ3) is 15.7. The number of aromatic nitrogens is 6. The SMILES string of the molecule is CC1=Cc2c(ccc(Oc3cc(Nc4ccc(N5CCN(C)CC5)cc4)ncn3)c2F)C1.CC1=Cc2c(ccc(Oc3cc(Nc4ccc(N5CCNCC5)cc4)ncn3)c2F)C1.CCN1CCN(c2ccc(Nc3cc(Oc4ccc5c(c4F)C=C(C)C5)ncn3)cc2)CC1. The molecule has 9 aromatic rings. The largest absolute Gasteiger partial charge is 0.436 e. The normalized spacial score (nSPS) is 15.8. The zero-order chi connectivity index (χ0) is 66.1. The van der Waals surface area contributed by atoms with Crippen LogP contribution in [0.3, 0.4) is 0 Å². The molecule has 3 fully saturated rings. The zero-order valence-corrected chi connectivity index (χ0v) is 54.7. The second-order valence-electron chi connectivity index (χ2n) is 24.8. The van der Waals surface area contributed by atoms with Crippen LogP contribution in [0.25, 0.3) is 18.2 Å². The van der Waals surface area contributed by atoms with E-state index in [0.29, 0.717) is 34.1 Å². The first-order chi connectivity index (χ1) is 46.8. The fourth-order valence-corrected chi connectivity index (χ4v) is 12.5. The molecule has 96 heavy (non-hydrogen) atoms. The van der Waals surface area contributed by atoms with Gasteiger partial charge in [-0.2, -0.15) is 0 Å². The van der Waals surface area contributed by atoms with Crippen molar-refractivity contribution in [3.8, 4) is 34.9 Å². The van der Waals surface area contributed by atoms with Gasteiger partial charge in [-0.3, -0.25) is 0 Å². The van der Waals surface area contributed by atoms with Gasteiger partial charge < -0.3 is 60.0 Å². The van der Waals surface area contributed by atoms with E-state index in [9.17, 15) is 13.2 Å². The summed E-state index contributed by atoms with van der Waals surface area (Å²) < 4.78 is 61.8. The quantitative estimate of drug-likeness (QED) is 0.0720. The maximum Gasteiger partial charge on any atom is 0.224 e. The van der Waals surface area contributed by atoms with Crippen molar-refractivity contribution < 1.29 is 27.4 Å². The van der Waals surface area contributed by atoms with Crippen LogP contribution in [0.4, 0.5) is 64.7 Å². The van der Waals surface area contributed by atoms with Crippen molar-refractivity contribution in [3.05, 3.63) is 214 Å². The van der Waals surface area contributed by atoms with Crippen LogP contribution in [0.15, 0.2) is 163 Å². The van der Waals surface area contributed by atoms with E-state index < -0.39 is 0 Å². The van der Waals surface area contributed by atoms with Gasteiger partial charge in [0.05, 0.1) is 0 Å². The number of nitrogens with one attached hydrogen (secondary N) is 4. The zero-order valence-electron chi connectivity index (χ0n) is 54.7. The van der Waals surface area contributed by atoms with E-state index in [4.69, 9.17) is 14.2 Å². The smallest absolute Gasteiger partial charge is 0.224 e. The van der Waals surface area contributed by atoms with E-state index in [0.717, 1.165) is 155 Å². The molecule has 3 aromatic heterocycles. The van der Waals surface area contributed by atoms with Crippen LogP contribution >= 0.6 is 0 Å². The van der Waals surface area contributed by atoms with Crippen molar-refractivity contribution in [1.82, 2.24) is 45.0 Å². The van der Waals surface area contributed by atoms with Gasteiger partial charge in [0, 0.05) is 148 Å². The Morgan fingerprint density at radius 2 is 0.729 bits per heavy atom. The molecular weight excluding hydrogens is 1220 g/mol. The number of ether oxygens (including phenoxy) is 3. The first kappa shape index (κ1) is 64.4. The second-order valence-corrected chi connectivity index (χ2v) is 24.8. The number of rotatable bonds is 16. The van der Waals surface area contributed by atoms with Gasteiger partial charge in [-0.05, 0) is 161 Å². The first-order valence-corrected chi connectivity index (χ1v) is 32.7. The Hall–Kier alpha value is -10.4. The van der Waals surface area contributed by atoms with Crippen LogP contribution in [0.5, 0.6) is 34.9 Å². The van der Waals surface area contributed by atoms with E-state index in [1.165, 1.54) is 36.0 Å². The van der Waals surface area contributed by atoms with Crippen LogP contribution in [0.1, 0.15) is 61.1 Å². The minimum atomic E-state index is -0.356. The Labute approximate surface area is 558 Å². The Morgan fingerprint density at radius 1 is 0.406 bits per heavy atom. The molecule has 15 rings (SSSR count). The molecule has 21 heteroatoms. The molecule has 3 aliphatic heterocycles. The number of hydrogen-bond donors (Lipinski definition) is 4. The van der Waals surface area contributed by atoms with Crippen LogP contribution in [-0.4, -0.2) is 132 Å². The summed E-state index contributed by atoms with van der Waals surface area (Å²) in [5, 5.41) is 13.2. The number of fused-ring (bicyclic) bond motifs is 3. The summed E-state index contributed by atoms with van der Waals surface area (Å²) in [6.07, 6.45) is 12.2. The fraction of sp³-hybridized carbons (Fsp3) is 0.280. The van der Waals surface area contributed by atoms with E-state index in [2.05, 4.69) is 126 Å². The summed E-state index contributed by atoms with van der Waals surface area (Å²) in [5.74, 6) is 2.03. The maximum absolute atomic E-state index is 14.9. The molecule has 6 aromatic carbocycles. The third-order valence-electron chi connectivity index (χ3n) is 17.8. The molecule has 492 valence electrons. The lowest BCUT2D eigenvalue weighted by molar-refractivity contribution is 0.271. The van der Waals surface area contributed by atoms with Crippen molar-refractivity contribution in [1.29, 1.82) is 0 Å². The van der Waals surface area contributed by atoms with Gasteiger partial charge in [-0.1, -0.05) is 60.1 Å². The number of benzene rings is 6. The van der Waals surface area contributed by atoms with Gasteiger partial charge in [-0.25, -0.2) is 43.1 Å². The topological polar surface area (TPSA) is 169 Å². The van der Waals surface area contributed by atoms with Crippen LogP contribution < -0.4 is 50.2 Å². The average molecular weight is 1290 g/mol. The molecule has 0 radical (unpaired) electrons. The number of piperazine rings is 3. The van der Waals surface area contributed by atoms with Crippen LogP contribution in [0.2, 0.25) is 0 Å². The molecule has 0 bridgehead atoms. The lowest BCUT2D eigenvalue weighted by Gasteiger charge is -2.35. The molecule has 0 atom stereocenters. The average Bonchev–Trinajstić information content (AvgIpc) is 1.66. The maximum atomic E-state index is 14.9. The van der Waals surface area contributed by atoms with Gasteiger partial charge in [0.25, 0.3) is 0 Å². The van der Waals surface area contributed by atoms with Crippen LogP contribution in [0, 0.1) is 17.5 Å². The Balaban J connectivity index is 0.000000130. The Kier molecular flexibility index (Phi) is 19.8. The predicted octanol–water partition coefficient (Wildman–Crippen LogP) is 14.6. The summed E-state index contributed by atoms with van der Waals surface area (Å²) >= 11 is 0. The molecule has 18 nitrogen and oxygen atoms in total. The minimum absolute atomic E-state index is 0.162. The van der Waals surface area contributed by atoms with Gasteiger partial charge >= 0.3 is 0 Å². The number of halogens is 3. The van der Waals surface area contributed by atoms with Crippen molar-refractivity contribution in [3.63, 3.8) is 0 Å². The standard InChI is InChI=1S/C26H28FN5O.C25H26FN5O.C24H24FN5O/c1-3-31-10-12-32(13-11-31)21-7-5-20(6-8-21)30-24-16-25(29-17-28-24)33-23-9-4-19-14-18(2)15-22(19)26(23)27;1-17-13-18-3-8-22(25(26)21(18)14-17)32-24-15-23(27-16-28-24)29-19-4-6-20(7-5-19)31-11-9-30(2)10-12-31;1-16-12-17-2-7-21(24(25)20(17)13-16)31-23-14-22(27-15-28-23)29-18-3-5-19(6-4-18)30-10-8-26-9-11-30/h4-9,15-17H,3,10-14H2,1-2H3,(H,28,29,30);3-8,14-16H,9-13H2,1-2H3,(H,27,28,29);2-7,13-15,26H,8-12H2,1H3,(H,27,28,29). The number of anilines is 9. The number of nitrogens with zero attached hydrogens (tertiary/aromatic N) is 11. The number of hydrogen-bond acceptors (Lipinski definition) is 18. The van der Waals surface area contributed by atoms with Crippen molar-refractivity contribution in [2.45, 2.75) is 47.0 Å². The third-order valence-corrected chi connectivity index (χ3v) is 17.8. The minimum Gasteiger partial charge on any atom is -0.436 e. The Morgan fingerprint density at radius 3 is 1.06 bits per heavy atom. The molecule has 6 aliphatic rings. The van der Waals surface area contributed by atoms with E-state index in [1.807, 2.05) is 93.6 Å². The predicted molar refractivity (Wildman–Crippen MR) is 376 cm³/mol. The van der Waals surface area contributed by atoms with E-state index in [-0.39, 0.29) is 52.3 Å². The second kappa shape index (κ2) is 29.5. The first-order valence-electron chi connectivity index (χ1n) is 32.7. The van der Waals surface area contributed by atoms with Crippen molar-refractivity contribution >= 4 is 69.8 Å².